The van der Waals surface area contributed by atoms with Gasteiger partial charge in [-0.3, -0.25) is 4.79 Å². The molecule has 1 aliphatic rings. The van der Waals surface area contributed by atoms with Crippen LogP contribution in [0.2, 0.25) is 10.2 Å². The molecule has 92 valence electrons. The summed E-state index contributed by atoms with van der Waals surface area (Å²) in [5.41, 5.74) is 0.366. The van der Waals surface area contributed by atoms with Crippen LogP contribution in [0.3, 0.4) is 0 Å². The average Bonchev–Trinajstić information content (AvgIpc) is 2.62. The van der Waals surface area contributed by atoms with Crippen LogP contribution in [0.4, 0.5) is 0 Å². The minimum absolute atomic E-state index is 0.173. The minimum Gasteiger partial charge on any atom is -0.347 e. The topological polar surface area (TPSA) is 48.4 Å². The summed E-state index contributed by atoms with van der Waals surface area (Å²) in [5, 5.41) is 0.419. The number of ether oxygens (including phenoxy) is 2. The molecule has 4 nitrogen and oxygen atoms in total. The van der Waals surface area contributed by atoms with E-state index in [2.05, 4.69) is 4.98 Å². The molecule has 1 atom stereocenters. The molecule has 1 unspecified atom stereocenters. The van der Waals surface area contributed by atoms with Gasteiger partial charge in [0.15, 0.2) is 11.6 Å². The zero-order chi connectivity index (χ0) is 12.6. The standard InChI is InChI=1S/C11H11Cl2NO3/c1-11(2)16-5-8(17-11)9(15)6-3-7(12)10(13)14-4-6/h3-4,8H,5H2,1-2H3. The van der Waals surface area contributed by atoms with E-state index in [9.17, 15) is 4.79 Å². The number of pyridine rings is 1. The van der Waals surface area contributed by atoms with Crippen LogP contribution in [0.5, 0.6) is 0 Å². The molecule has 17 heavy (non-hydrogen) atoms. The third-order valence-corrected chi connectivity index (χ3v) is 3.07. The molecule has 1 aliphatic heterocycles. The van der Waals surface area contributed by atoms with Crippen molar-refractivity contribution in [3.05, 3.63) is 28.0 Å². The maximum Gasteiger partial charge on any atom is 0.195 e. The molecule has 6 heteroatoms. The summed E-state index contributed by atoms with van der Waals surface area (Å²) >= 11 is 11.5. The lowest BCUT2D eigenvalue weighted by atomic mass is 10.1. The molecule has 1 aromatic rings. The number of aromatic nitrogens is 1. The first-order valence-electron chi connectivity index (χ1n) is 5.06. The summed E-state index contributed by atoms with van der Waals surface area (Å²) < 4.78 is 10.8. The lowest BCUT2D eigenvalue weighted by molar-refractivity contribution is -0.133. The molecule has 0 N–H and O–H groups in total. The molecule has 1 fully saturated rings. The monoisotopic (exact) mass is 275 g/mol. The van der Waals surface area contributed by atoms with Crippen molar-refractivity contribution in [3.8, 4) is 0 Å². The summed E-state index contributed by atoms with van der Waals surface area (Å²) in [4.78, 5) is 15.9. The van der Waals surface area contributed by atoms with E-state index < -0.39 is 11.9 Å². The van der Waals surface area contributed by atoms with E-state index in [1.165, 1.54) is 12.3 Å². The summed E-state index contributed by atoms with van der Waals surface area (Å²) in [6.45, 7) is 3.74. The van der Waals surface area contributed by atoms with E-state index in [0.717, 1.165) is 0 Å². The third kappa shape index (κ3) is 2.77. The van der Waals surface area contributed by atoms with Crippen molar-refractivity contribution in [2.24, 2.45) is 0 Å². The Morgan fingerprint density at radius 2 is 2.24 bits per heavy atom. The number of hydrogen-bond acceptors (Lipinski definition) is 4. The van der Waals surface area contributed by atoms with Crippen molar-refractivity contribution in [1.82, 2.24) is 4.98 Å². The van der Waals surface area contributed by atoms with Gasteiger partial charge in [0.1, 0.15) is 11.3 Å². The fourth-order valence-electron chi connectivity index (χ4n) is 1.56. The van der Waals surface area contributed by atoms with E-state index in [1.54, 1.807) is 13.8 Å². The largest absolute Gasteiger partial charge is 0.347 e. The molecule has 0 amide bonds. The van der Waals surface area contributed by atoms with Crippen molar-refractivity contribution in [2.75, 3.05) is 6.61 Å². The van der Waals surface area contributed by atoms with Crippen LogP contribution in [-0.4, -0.2) is 29.3 Å². The van der Waals surface area contributed by atoms with Crippen LogP contribution in [0.15, 0.2) is 12.3 Å². The smallest absolute Gasteiger partial charge is 0.195 e. The van der Waals surface area contributed by atoms with E-state index in [4.69, 9.17) is 32.7 Å². The molecule has 2 heterocycles. The van der Waals surface area contributed by atoms with Gasteiger partial charge < -0.3 is 9.47 Å². The lowest BCUT2D eigenvalue weighted by Crippen LogP contribution is -2.27. The van der Waals surface area contributed by atoms with E-state index in [1.807, 2.05) is 0 Å². The van der Waals surface area contributed by atoms with E-state index in [-0.39, 0.29) is 22.6 Å². The summed E-state index contributed by atoms with van der Waals surface area (Å²) in [5.74, 6) is -0.939. The average molecular weight is 276 g/mol. The number of carbonyl (C=O) groups excluding carboxylic acids is 1. The second-order valence-corrected chi connectivity index (χ2v) is 4.94. The van der Waals surface area contributed by atoms with Crippen LogP contribution in [0.1, 0.15) is 24.2 Å². The van der Waals surface area contributed by atoms with Gasteiger partial charge in [-0.05, 0) is 19.9 Å². The lowest BCUT2D eigenvalue weighted by Gasteiger charge is -2.16. The quantitative estimate of drug-likeness (QED) is 0.615. The molecule has 0 bridgehead atoms. The maximum absolute atomic E-state index is 12.1. The molecule has 1 aromatic heterocycles. The second kappa shape index (κ2) is 4.53. The SMILES string of the molecule is CC1(C)OCC(C(=O)c2cnc(Cl)c(Cl)c2)O1. The van der Waals surface area contributed by atoms with Crippen LogP contribution >= 0.6 is 23.2 Å². The number of halogens is 2. The van der Waals surface area contributed by atoms with E-state index in [0.29, 0.717) is 5.56 Å². The number of hydrogen-bond donors (Lipinski definition) is 0. The molecule has 0 aromatic carbocycles. The highest BCUT2D eigenvalue weighted by atomic mass is 35.5. The third-order valence-electron chi connectivity index (χ3n) is 2.38. The van der Waals surface area contributed by atoms with Crippen molar-refractivity contribution >= 4 is 29.0 Å². The molecule has 0 aliphatic carbocycles. The molecular weight excluding hydrogens is 265 g/mol. The highest BCUT2D eigenvalue weighted by molar-refractivity contribution is 6.41. The van der Waals surface area contributed by atoms with Crippen molar-refractivity contribution in [2.45, 2.75) is 25.7 Å². The number of Topliss-reactive ketones (excluding diaryl/α,β-unsaturated/α-hetero) is 1. The molecule has 0 saturated carbocycles. The van der Waals surface area contributed by atoms with Gasteiger partial charge in [-0.15, -0.1) is 0 Å². The molecular formula is C11H11Cl2NO3. The second-order valence-electron chi connectivity index (χ2n) is 4.18. The molecule has 1 saturated heterocycles. The van der Waals surface area contributed by atoms with Gasteiger partial charge in [-0.1, -0.05) is 23.2 Å². The van der Waals surface area contributed by atoms with Crippen molar-refractivity contribution < 1.29 is 14.3 Å². The van der Waals surface area contributed by atoms with Crippen LogP contribution in [0, 0.1) is 0 Å². The normalized spacial score (nSPS) is 22.7. The molecule has 0 radical (unpaired) electrons. The van der Waals surface area contributed by atoms with Gasteiger partial charge in [0, 0.05) is 11.8 Å². The van der Waals surface area contributed by atoms with Gasteiger partial charge in [-0.2, -0.15) is 0 Å². The first kappa shape index (κ1) is 12.8. The number of ketones is 1. The highest BCUT2D eigenvalue weighted by Gasteiger charge is 2.37. The summed E-state index contributed by atoms with van der Waals surface area (Å²) in [7, 11) is 0. The predicted molar refractivity (Wildman–Crippen MR) is 63.5 cm³/mol. The Kier molecular flexibility index (Phi) is 3.41. The zero-order valence-corrected chi connectivity index (χ0v) is 10.9. The first-order chi connectivity index (χ1) is 7.89. The Balaban J connectivity index is 2.18. The number of nitrogens with zero attached hydrogens (tertiary/aromatic N) is 1. The highest BCUT2D eigenvalue weighted by Crippen LogP contribution is 2.26. The van der Waals surface area contributed by atoms with Crippen LogP contribution in [-0.2, 0) is 9.47 Å². The zero-order valence-electron chi connectivity index (χ0n) is 9.37. The van der Waals surface area contributed by atoms with Crippen molar-refractivity contribution in [1.29, 1.82) is 0 Å². The summed E-state index contributed by atoms with van der Waals surface area (Å²) in [6.07, 6.45) is 0.759. The van der Waals surface area contributed by atoms with Crippen LogP contribution < -0.4 is 0 Å². The number of rotatable bonds is 2. The summed E-state index contributed by atoms with van der Waals surface area (Å²) in [6, 6.07) is 1.48. The fourth-order valence-corrected chi connectivity index (χ4v) is 1.83. The van der Waals surface area contributed by atoms with Gasteiger partial charge in [0.25, 0.3) is 0 Å². The maximum atomic E-state index is 12.1. The van der Waals surface area contributed by atoms with Gasteiger partial charge in [0.2, 0.25) is 0 Å². The minimum atomic E-state index is -0.732. The van der Waals surface area contributed by atoms with Crippen LogP contribution in [0.25, 0.3) is 0 Å². The predicted octanol–water partition coefficient (Wildman–Crippen LogP) is 2.72. The Hall–Kier alpha value is -0.680. The van der Waals surface area contributed by atoms with Crippen molar-refractivity contribution in [3.63, 3.8) is 0 Å². The Bertz CT molecular complexity index is 462. The van der Waals surface area contributed by atoms with Gasteiger partial charge in [-0.25, -0.2) is 4.98 Å². The van der Waals surface area contributed by atoms with Gasteiger partial charge >= 0.3 is 0 Å². The Labute approximate surface area is 109 Å². The Morgan fingerprint density at radius 3 is 2.76 bits per heavy atom. The fraction of sp³-hybridized carbons (Fsp3) is 0.455. The van der Waals surface area contributed by atoms with Gasteiger partial charge in [0.05, 0.1) is 11.6 Å². The van der Waals surface area contributed by atoms with E-state index >= 15 is 0 Å². The molecule has 2 rings (SSSR count). The Morgan fingerprint density at radius 1 is 1.53 bits per heavy atom. The number of carbonyl (C=O) groups is 1. The first-order valence-corrected chi connectivity index (χ1v) is 5.82. The molecule has 0 spiro atoms.